The molecule has 0 aromatic carbocycles. The first-order valence-electron chi connectivity index (χ1n) is 4.59. The maximum Gasteiger partial charge on any atom is 0.260 e. The van der Waals surface area contributed by atoms with E-state index in [0.717, 1.165) is 9.26 Å². The standard InChI is InChI=1S/C10H9IN4O/c1-6-8(5-13-15-6)10(16)14-9-3-2-7(11)4-12-9/h2-5H,1H3,(H,13,15)(H,12,14,16). The molecule has 82 valence electrons. The summed E-state index contributed by atoms with van der Waals surface area (Å²) < 4.78 is 1.02. The maximum atomic E-state index is 11.8. The van der Waals surface area contributed by atoms with E-state index in [1.54, 1.807) is 19.2 Å². The summed E-state index contributed by atoms with van der Waals surface area (Å²) in [5, 5.41) is 9.20. The monoisotopic (exact) mass is 328 g/mol. The molecule has 2 heterocycles. The summed E-state index contributed by atoms with van der Waals surface area (Å²) in [5.41, 5.74) is 1.27. The van der Waals surface area contributed by atoms with Gasteiger partial charge in [-0.3, -0.25) is 9.89 Å². The first-order valence-corrected chi connectivity index (χ1v) is 5.67. The van der Waals surface area contributed by atoms with Crippen molar-refractivity contribution in [1.29, 1.82) is 0 Å². The number of carbonyl (C=O) groups is 1. The van der Waals surface area contributed by atoms with Crippen LogP contribution in [-0.4, -0.2) is 21.1 Å². The second-order valence-electron chi connectivity index (χ2n) is 3.22. The number of halogens is 1. The number of carbonyl (C=O) groups excluding carboxylic acids is 1. The Morgan fingerprint density at radius 2 is 2.25 bits per heavy atom. The van der Waals surface area contributed by atoms with Crippen molar-refractivity contribution in [3.63, 3.8) is 0 Å². The summed E-state index contributed by atoms with van der Waals surface area (Å²) in [6.45, 7) is 1.79. The van der Waals surface area contributed by atoms with Gasteiger partial charge in [-0.1, -0.05) is 0 Å². The molecule has 6 heteroatoms. The number of pyridine rings is 1. The third kappa shape index (κ3) is 2.38. The van der Waals surface area contributed by atoms with E-state index in [9.17, 15) is 4.79 Å². The smallest absolute Gasteiger partial charge is 0.260 e. The van der Waals surface area contributed by atoms with Crippen LogP contribution >= 0.6 is 22.6 Å². The molecule has 0 atom stereocenters. The molecule has 1 amide bonds. The third-order valence-electron chi connectivity index (χ3n) is 2.04. The Kier molecular flexibility index (Phi) is 3.18. The van der Waals surface area contributed by atoms with Crippen LogP contribution < -0.4 is 5.32 Å². The van der Waals surface area contributed by atoms with Gasteiger partial charge in [-0.05, 0) is 41.6 Å². The SMILES string of the molecule is Cc1[nH]ncc1C(=O)Nc1ccc(I)cn1. The molecule has 0 spiro atoms. The molecule has 0 fully saturated rings. The van der Waals surface area contributed by atoms with Gasteiger partial charge in [0.1, 0.15) is 5.82 Å². The highest BCUT2D eigenvalue weighted by Crippen LogP contribution is 2.10. The molecule has 0 aliphatic heterocycles. The molecular formula is C10H9IN4O. The summed E-state index contributed by atoms with van der Waals surface area (Å²) >= 11 is 2.16. The fourth-order valence-corrected chi connectivity index (χ4v) is 1.53. The molecule has 2 aromatic heterocycles. The van der Waals surface area contributed by atoms with Gasteiger partial charge in [0.05, 0.1) is 11.8 Å². The number of aromatic nitrogens is 3. The fraction of sp³-hybridized carbons (Fsp3) is 0.100. The van der Waals surface area contributed by atoms with Crippen LogP contribution in [0.4, 0.5) is 5.82 Å². The molecule has 0 unspecified atom stereocenters. The lowest BCUT2D eigenvalue weighted by molar-refractivity contribution is 0.102. The lowest BCUT2D eigenvalue weighted by atomic mass is 10.2. The molecule has 5 nitrogen and oxygen atoms in total. The molecule has 0 radical (unpaired) electrons. The molecule has 16 heavy (non-hydrogen) atoms. The summed E-state index contributed by atoms with van der Waals surface area (Å²) in [5.74, 6) is 0.325. The van der Waals surface area contributed by atoms with Crippen LogP contribution in [0.3, 0.4) is 0 Å². The number of rotatable bonds is 2. The summed E-state index contributed by atoms with van der Waals surface area (Å²) in [6, 6.07) is 3.64. The minimum Gasteiger partial charge on any atom is -0.306 e. The molecular weight excluding hydrogens is 319 g/mol. The fourth-order valence-electron chi connectivity index (χ4n) is 1.21. The molecule has 0 saturated heterocycles. The van der Waals surface area contributed by atoms with Crippen molar-refractivity contribution in [2.75, 3.05) is 5.32 Å². The van der Waals surface area contributed by atoms with Gasteiger partial charge in [-0.2, -0.15) is 5.10 Å². The second-order valence-corrected chi connectivity index (χ2v) is 4.47. The zero-order valence-electron chi connectivity index (χ0n) is 8.49. The Labute approximate surface area is 106 Å². The van der Waals surface area contributed by atoms with E-state index < -0.39 is 0 Å². The number of anilines is 1. The van der Waals surface area contributed by atoms with Crippen molar-refractivity contribution in [3.05, 3.63) is 39.4 Å². The van der Waals surface area contributed by atoms with Crippen molar-refractivity contribution in [3.8, 4) is 0 Å². The molecule has 2 N–H and O–H groups in total. The lowest BCUT2D eigenvalue weighted by Gasteiger charge is -2.02. The third-order valence-corrected chi connectivity index (χ3v) is 2.68. The van der Waals surface area contributed by atoms with Gasteiger partial charge in [-0.15, -0.1) is 0 Å². The van der Waals surface area contributed by atoms with E-state index in [2.05, 4.69) is 43.1 Å². The number of hydrogen-bond acceptors (Lipinski definition) is 3. The highest BCUT2D eigenvalue weighted by Gasteiger charge is 2.10. The highest BCUT2D eigenvalue weighted by molar-refractivity contribution is 14.1. The average molecular weight is 328 g/mol. The summed E-state index contributed by atoms with van der Waals surface area (Å²) in [4.78, 5) is 15.9. The first kappa shape index (κ1) is 11.1. The van der Waals surface area contributed by atoms with Crippen molar-refractivity contribution in [1.82, 2.24) is 15.2 Å². The van der Waals surface area contributed by atoms with E-state index in [1.165, 1.54) is 6.20 Å². The largest absolute Gasteiger partial charge is 0.306 e. The first-order chi connectivity index (χ1) is 7.66. The lowest BCUT2D eigenvalue weighted by Crippen LogP contribution is -2.13. The van der Waals surface area contributed by atoms with Crippen LogP contribution in [0.25, 0.3) is 0 Å². The highest BCUT2D eigenvalue weighted by atomic mass is 127. The van der Waals surface area contributed by atoms with Gasteiger partial charge < -0.3 is 5.32 Å². The number of aromatic amines is 1. The Morgan fingerprint density at radius 3 is 2.81 bits per heavy atom. The Bertz CT molecular complexity index is 506. The van der Waals surface area contributed by atoms with Crippen molar-refractivity contribution >= 4 is 34.3 Å². The second kappa shape index (κ2) is 4.60. The van der Waals surface area contributed by atoms with Gasteiger partial charge in [0, 0.05) is 15.5 Å². The van der Waals surface area contributed by atoms with Crippen LogP contribution in [0, 0.1) is 10.5 Å². The number of amides is 1. The minimum absolute atomic E-state index is 0.208. The number of nitrogens with one attached hydrogen (secondary N) is 2. The van der Waals surface area contributed by atoms with Crippen LogP contribution in [0.2, 0.25) is 0 Å². The van der Waals surface area contributed by atoms with Gasteiger partial charge in [0.2, 0.25) is 0 Å². The minimum atomic E-state index is -0.208. The Morgan fingerprint density at radius 1 is 1.44 bits per heavy atom. The van der Waals surface area contributed by atoms with Crippen LogP contribution in [0.15, 0.2) is 24.5 Å². The van der Waals surface area contributed by atoms with Gasteiger partial charge >= 0.3 is 0 Å². The van der Waals surface area contributed by atoms with Crippen molar-refractivity contribution in [2.24, 2.45) is 0 Å². The summed E-state index contributed by atoms with van der Waals surface area (Å²) in [7, 11) is 0. The topological polar surface area (TPSA) is 70.7 Å². The van der Waals surface area contributed by atoms with Gasteiger partial charge in [-0.25, -0.2) is 4.98 Å². The average Bonchev–Trinajstić information content (AvgIpc) is 2.68. The zero-order valence-corrected chi connectivity index (χ0v) is 10.6. The maximum absolute atomic E-state index is 11.8. The number of nitrogens with zero attached hydrogens (tertiary/aromatic N) is 2. The van der Waals surface area contributed by atoms with Crippen molar-refractivity contribution < 1.29 is 4.79 Å². The molecule has 0 aliphatic rings. The van der Waals surface area contributed by atoms with Crippen LogP contribution in [0.5, 0.6) is 0 Å². The molecule has 0 saturated carbocycles. The van der Waals surface area contributed by atoms with E-state index in [4.69, 9.17) is 0 Å². The predicted molar refractivity (Wildman–Crippen MR) is 68.2 cm³/mol. The number of H-pyrrole nitrogens is 1. The quantitative estimate of drug-likeness (QED) is 0.828. The van der Waals surface area contributed by atoms with Crippen molar-refractivity contribution in [2.45, 2.75) is 6.92 Å². The number of aryl methyl sites for hydroxylation is 1. The van der Waals surface area contributed by atoms with Gasteiger partial charge in [0.15, 0.2) is 0 Å². The van der Waals surface area contributed by atoms with Gasteiger partial charge in [0.25, 0.3) is 5.91 Å². The predicted octanol–water partition coefficient (Wildman–Crippen LogP) is 1.97. The van der Waals surface area contributed by atoms with E-state index in [0.29, 0.717) is 11.4 Å². The normalized spacial score (nSPS) is 10.1. The Hall–Kier alpha value is -1.44. The van der Waals surface area contributed by atoms with E-state index in [-0.39, 0.29) is 5.91 Å². The Balaban J connectivity index is 2.14. The van der Waals surface area contributed by atoms with E-state index >= 15 is 0 Å². The molecule has 2 aromatic rings. The molecule has 2 rings (SSSR count). The molecule has 0 aliphatic carbocycles. The summed E-state index contributed by atoms with van der Waals surface area (Å²) in [6.07, 6.45) is 3.19. The van der Waals surface area contributed by atoms with E-state index in [1.807, 2.05) is 6.07 Å². The van der Waals surface area contributed by atoms with Crippen LogP contribution in [-0.2, 0) is 0 Å². The van der Waals surface area contributed by atoms with Crippen LogP contribution in [0.1, 0.15) is 16.1 Å². The molecule has 0 bridgehead atoms. The zero-order chi connectivity index (χ0) is 11.5. The number of hydrogen-bond donors (Lipinski definition) is 2.